The Bertz CT molecular complexity index is 608. The molecular formula is C17H25N3O2. The molecule has 0 spiro atoms. The fraction of sp³-hybridized carbons (Fsp3) is 0.647. The van der Waals surface area contributed by atoms with Gasteiger partial charge < -0.3 is 10.5 Å². The summed E-state index contributed by atoms with van der Waals surface area (Å²) in [6, 6.07) is 3.94. The number of fused-ring (bicyclic) bond motifs is 1. The monoisotopic (exact) mass is 303 g/mol. The molecule has 1 aromatic heterocycles. The summed E-state index contributed by atoms with van der Waals surface area (Å²) < 4.78 is 5.50. The average Bonchev–Trinajstić information content (AvgIpc) is 3.04. The molecular weight excluding hydrogens is 278 g/mol. The highest BCUT2D eigenvalue weighted by molar-refractivity contribution is 5.89. The quantitative estimate of drug-likeness (QED) is 0.866. The molecule has 1 aromatic rings. The molecule has 0 saturated heterocycles. The van der Waals surface area contributed by atoms with E-state index in [-0.39, 0.29) is 11.6 Å². The second-order valence-electron chi connectivity index (χ2n) is 7.54. The molecule has 2 N–H and O–H groups in total. The largest absolute Gasteiger partial charge is 0.443 e. The average molecular weight is 303 g/mol. The minimum atomic E-state index is -0.493. The number of carbonyl (C=O) groups excluding carboxylic acids is 1. The van der Waals surface area contributed by atoms with Crippen molar-refractivity contribution in [2.24, 2.45) is 11.7 Å². The lowest BCUT2D eigenvalue weighted by molar-refractivity contribution is 0.0577. The fourth-order valence-corrected chi connectivity index (χ4v) is 3.02. The normalized spacial score (nSPS) is 27.3. The van der Waals surface area contributed by atoms with Crippen LogP contribution in [0.1, 0.15) is 51.9 Å². The predicted octanol–water partition coefficient (Wildman–Crippen LogP) is 2.96. The topological polar surface area (TPSA) is 68.5 Å². The van der Waals surface area contributed by atoms with Crippen LogP contribution < -0.4 is 10.6 Å². The Morgan fingerprint density at radius 2 is 2.14 bits per heavy atom. The highest BCUT2D eigenvalue weighted by Gasteiger charge is 2.50. The summed E-state index contributed by atoms with van der Waals surface area (Å²) >= 11 is 0. The Kier molecular flexibility index (Phi) is 3.44. The number of aryl methyl sites for hydroxylation is 1. The lowest BCUT2D eigenvalue weighted by Crippen LogP contribution is -2.40. The van der Waals surface area contributed by atoms with Gasteiger partial charge in [0.2, 0.25) is 0 Å². The second kappa shape index (κ2) is 4.95. The molecule has 2 aliphatic rings. The Morgan fingerprint density at radius 1 is 1.45 bits per heavy atom. The van der Waals surface area contributed by atoms with Crippen molar-refractivity contribution in [3.8, 4) is 0 Å². The van der Waals surface area contributed by atoms with Crippen LogP contribution >= 0.6 is 0 Å². The molecule has 5 nitrogen and oxygen atoms in total. The van der Waals surface area contributed by atoms with E-state index in [1.807, 2.05) is 32.9 Å². The summed E-state index contributed by atoms with van der Waals surface area (Å²) in [5.41, 5.74) is 8.35. The number of pyridine rings is 1. The molecule has 0 bridgehead atoms. The molecule has 1 aliphatic heterocycles. The number of aromatic nitrogens is 1. The van der Waals surface area contributed by atoms with Crippen molar-refractivity contribution >= 4 is 11.8 Å². The van der Waals surface area contributed by atoms with Crippen LogP contribution in [0.3, 0.4) is 0 Å². The highest BCUT2D eigenvalue weighted by atomic mass is 16.6. The maximum Gasteiger partial charge on any atom is 0.414 e. The van der Waals surface area contributed by atoms with Crippen LogP contribution in [0.5, 0.6) is 0 Å². The van der Waals surface area contributed by atoms with Crippen LogP contribution in [-0.4, -0.2) is 23.2 Å². The van der Waals surface area contributed by atoms with E-state index in [4.69, 9.17) is 15.5 Å². The molecule has 2 atom stereocenters. The van der Waals surface area contributed by atoms with Gasteiger partial charge in [-0.3, -0.25) is 9.88 Å². The van der Waals surface area contributed by atoms with Crippen molar-refractivity contribution in [3.63, 3.8) is 0 Å². The van der Waals surface area contributed by atoms with Crippen molar-refractivity contribution in [1.82, 2.24) is 4.98 Å². The first-order chi connectivity index (χ1) is 10.2. The summed E-state index contributed by atoms with van der Waals surface area (Å²) in [5.74, 6) is 0.476. The third-order valence-corrected chi connectivity index (χ3v) is 4.49. The Labute approximate surface area is 131 Å². The minimum absolute atomic E-state index is 0.275. The highest BCUT2D eigenvalue weighted by Crippen LogP contribution is 2.48. The maximum atomic E-state index is 12.4. The van der Waals surface area contributed by atoms with Crippen molar-refractivity contribution in [1.29, 1.82) is 0 Å². The molecule has 5 heteroatoms. The van der Waals surface area contributed by atoms with E-state index in [0.717, 1.165) is 36.3 Å². The smallest absolute Gasteiger partial charge is 0.414 e. The lowest BCUT2D eigenvalue weighted by Gasteiger charge is -2.31. The molecule has 1 saturated carbocycles. The standard InChI is InChI=1S/C17H25N3O2/c1-11-10-17(11,18)14-8-7-13-12(19-14)6-5-9-20(13)15(21)22-16(2,3)4/h7-8,11H,5-6,9-10,18H2,1-4H3. The summed E-state index contributed by atoms with van der Waals surface area (Å²) in [5, 5.41) is 0. The first kappa shape index (κ1) is 15.3. The molecule has 22 heavy (non-hydrogen) atoms. The number of nitrogens with two attached hydrogens (primary N) is 1. The molecule has 3 rings (SSSR count). The minimum Gasteiger partial charge on any atom is -0.443 e. The number of anilines is 1. The van der Waals surface area contributed by atoms with Gasteiger partial charge >= 0.3 is 6.09 Å². The number of nitrogens with zero attached hydrogens (tertiary/aromatic N) is 2. The number of hydrogen-bond donors (Lipinski definition) is 1. The zero-order valence-corrected chi connectivity index (χ0v) is 13.8. The fourth-order valence-electron chi connectivity index (χ4n) is 3.02. The van der Waals surface area contributed by atoms with Gasteiger partial charge in [-0.05, 0) is 58.1 Å². The molecule has 1 fully saturated rings. The SMILES string of the molecule is CC1CC1(N)c1ccc2c(n1)CCCN2C(=O)OC(C)(C)C. The Balaban J connectivity index is 1.87. The van der Waals surface area contributed by atoms with Crippen LogP contribution in [0, 0.1) is 5.92 Å². The van der Waals surface area contributed by atoms with Gasteiger partial charge in [0.05, 0.1) is 22.6 Å². The van der Waals surface area contributed by atoms with E-state index in [2.05, 4.69) is 6.92 Å². The van der Waals surface area contributed by atoms with Gasteiger partial charge in [-0.15, -0.1) is 0 Å². The summed E-state index contributed by atoms with van der Waals surface area (Å²) in [6.45, 7) is 8.46. The molecule has 1 aliphatic carbocycles. The number of ether oxygens (including phenoxy) is 1. The number of rotatable bonds is 1. The van der Waals surface area contributed by atoms with Gasteiger partial charge in [-0.25, -0.2) is 4.79 Å². The molecule has 0 radical (unpaired) electrons. The van der Waals surface area contributed by atoms with Gasteiger partial charge in [0.15, 0.2) is 0 Å². The van der Waals surface area contributed by atoms with E-state index >= 15 is 0 Å². The van der Waals surface area contributed by atoms with E-state index in [0.29, 0.717) is 12.5 Å². The third kappa shape index (κ3) is 2.70. The molecule has 1 amide bonds. The van der Waals surface area contributed by atoms with Gasteiger partial charge in [0.1, 0.15) is 5.60 Å². The zero-order chi connectivity index (χ0) is 16.1. The number of carbonyl (C=O) groups is 1. The van der Waals surface area contributed by atoms with E-state index in [1.54, 1.807) is 4.90 Å². The number of amides is 1. The lowest BCUT2D eigenvalue weighted by atomic mass is 10.0. The summed E-state index contributed by atoms with van der Waals surface area (Å²) in [7, 11) is 0. The van der Waals surface area contributed by atoms with Crippen LogP contribution in [0.25, 0.3) is 0 Å². The Morgan fingerprint density at radius 3 is 2.73 bits per heavy atom. The predicted molar refractivity (Wildman–Crippen MR) is 85.8 cm³/mol. The van der Waals surface area contributed by atoms with E-state index < -0.39 is 5.60 Å². The van der Waals surface area contributed by atoms with Crippen LogP contribution in [0.4, 0.5) is 10.5 Å². The summed E-state index contributed by atoms with van der Waals surface area (Å²) in [4.78, 5) is 18.8. The molecule has 0 aromatic carbocycles. The molecule has 2 unspecified atom stereocenters. The van der Waals surface area contributed by atoms with E-state index in [9.17, 15) is 4.79 Å². The van der Waals surface area contributed by atoms with Gasteiger partial charge in [-0.2, -0.15) is 0 Å². The van der Waals surface area contributed by atoms with Crippen LogP contribution in [0.15, 0.2) is 12.1 Å². The van der Waals surface area contributed by atoms with Crippen molar-refractivity contribution in [3.05, 3.63) is 23.5 Å². The second-order valence-corrected chi connectivity index (χ2v) is 7.54. The molecule has 120 valence electrons. The molecule has 2 heterocycles. The van der Waals surface area contributed by atoms with Gasteiger partial charge in [0.25, 0.3) is 0 Å². The maximum absolute atomic E-state index is 12.4. The van der Waals surface area contributed by atoms with Crippen LogP contribution in [-0.2, 0) is 16.7 Å². The first-order valence-electron chi connectivity index (χ1n) is 8.00. The van der Waals surface area contributed by atoms with Gasteiger partial charge in [0, 0.05) is 6.54 Å². The zero-order valence-electron chi connectivity index (χ0n) is 13.8. The van der Waals surface area contributed by atoms with Crippen molar-refractivity contribution in [2.75, 3.05) is 11.4 Å². The van der Waals surface area contributed by atoms with E-state index in [1.165, 1.54) is 0 Å². The Hall–Kier alpha value is -1.62. The summed E-state index contributed by atoms with van der Waals surface area (Å²) in [6.07, 6.45) is 2.46. The van der Waals surface area contributed by atoms with Gasteiger partial charge in [-0.1, -0.05) is 6.92 Å². The first-order valence-corrected chi connectivity index (χ1v) is 8.00. The van der Waals surface area contributed by atoms with Crippen LogP contribution in [0.2, 0.25) is 0 Å². The number of hydrogen-bond acceptors (Lipinski definition) is 4. The van der Waals surface area contributed by atoms with Crippen molar-refractivity contribution < 1.29 is 9.53 Å². The third-order valence-electron chi connectivity index (χ3n) is 4.49. The van der Waals surface area contributed by atoms with Crippen molar-refractivity contribution in [2.45, 2.75) is 58.1 Å².